The molecule has 4 bridgehead atoms. The molecule has 1 aromatic rings. The van der Waals surface area contributed by atoms with Gasteiger partial charge in [-0.25, -0.2) is 4.79 Å². The summed E-state index contributed by atoms with van der Waals surface area (Å²) in [6.45, 7) is 1.13. The van der Waals surface area contributed by atoms with E-state index in [4.69, 9.17) is 18.9 Å². The third-order valence-electron chi connectivity index (χ3n) is 8.00. The van der Waals surface area contributed by atoms with Gasteiger partial charge in [0.05, 0.1) is 24.2 Å². The van der Waals surface area contributed by atoms with Crippen molar-refractivity contribution in [1.82, 2.24) is 0 Å². The molecule has 180 valence electrons. The molecule has 9 atom stereocenters. The molecule has 0 amide bonds. The number of ketones is 1. The average Bonchev–Trinajstić information content (AvgIpc) is 2.90. The van der Waals surface area contributed by atoms with Gasteiger partial charge in [-0.2, -0.15) is 0 Å². The lowest BCUT2D eigenvalue weighted by molar-refractivity contribution is -0.378. The van der Waals surface area contributed by atoms with E-state index in [0.29, 0.717) is 5.56 Å². The van der Waals surface area contributed by atoms with Gasteiger partial charge in [-0.15, -0.1) is 0 Å². The summed E-state index contributed by atoms with van der Waals surface area (Å²) < 4.78 is 23.6. The van der Waals surface area contributed by atoms with Crippen molar-refractivity contribution in [1.29, 1.82) is 0 Å². The summed E-state index contributed by atoms with van der Waals surface area (Å²) in [4.78, 5) is 25.5. The molecular weight excluding hydrogens is 436 g/mol. The number of hydrogen-bond donors (Lipinski definition) is 4. The molecule has 0 aromatic heterocycles. The van der Waals surface area contributed by atoms with Crippen LogP contribution < -0.4 is 0 Å². The highest BCUT2D eigenvalue weighted by molar-refractivity contribution is 5.90. The van der Waals surface area contributed by atoms with Crippen LogP contribution in [0, 0.1) is 11.3 Å². The summed E-state index contributed by atoms with van der Waals surface area (Å²) >= 11 is 0. The van der Waals surface area contributed by atoms with Crippen LogP contribution in [0.25, 0.3) is 0 Å². The Hall–Kier alpha value is -1.92. The highest BCUT2D eigenvalue weighted by Gasteiger charge is 2.84. The SMILES string of the molecule is CC12CC(=O)C3CC1(OC1OC(CO)C(O)C(O)C1O)C3(COC(=O)c1ccccc1)CO2. The molecule has 2 heterocycles. The second kappa shape index (κ2) is 7.81. The number of ether oxygens (including phenoxy) is 4. The van der Waals surface area contributed by atoms with Crippen molar-refractivity contribution in [2.75, 3.05) is 19.8 Å². The van der Waals surface area contributed by atoms with E-state index in [9.17, 15) is 30.0 Å². The Balaban J connectivity index is 1.42. The van der Waals surface area contributed by atoms with Crippen molar-refractivity contribution in [3.05, 3.63) is 35.9 Å². The van der Waals surface area contributed by atoms with E-state index >= 15 is 0 Å². The number of fused-ring (bicyclic) bond motifs is 1. The number of hydrogen-bond acceptors (Lipinski definition) is 10. The zero-order valence-electron chi connectivity index (χ0n) is 18.1. The molecule has 2 saturated heterocycles. The van der Waals surface area contributed by atoms with Crippen LogP contribution in [0.1, 0.15) is 30.1 Å². The first-order valence-corrected chi connectivity index (χ1v) is 11.1. The first-order valence-electron chi connectivity index (χ1n) is 11.1. The van der Waals surface area contributed by atoms with Crippen LogP contribution in [0.15, 0.2) is 30.3 Å². The molecule has 4 N–H and O–H groups in total. The molecule has 0 spiro atoms. The number of aliphatic hydroxyl groups excluding tert-OH is 4. The van der Waals surface area contributed by atoms with Gasteiger partial charge in [0.15, 0.2) is 6.29 Å². The number of carbonyl (C=O) groups excluding carboxylic acids is 2. The van der Waals surface area contributed by atoms with Crippen LogP contribution in [0.4, 0.5) is 0 Å². The Bertz CT molecular complexity index is 936. The van der Waals surface area contributed by atoms with Gasteiger partial charge < -0.3 is 39.4 Å². The van der Waals surface area contributed by atoms with Gasteiger partial charge in [0.1, 0.15) is 48.0 Å². The van der Waals surface area contributed by atoms with Gasteiger partial charge in [-0.1, -0.05) is 18.2 Å². The van der Waals surface area contributed by atoms with E-state index in [1.807, 2.05) is 0 Å². The summed E-state index contributed by atoms with van der Waals surface area (Å²) in [7, 11) is 0. The minimum atomic E-state index is -1.60. The highest BCUT2D eigenvalue weighted by atomic mass is 16.7. The molecule has 9 unspecified atom stereocenters. The first kappa shape index (κ1) is 22.9. The summed E-state index contributed by atoms with van der Waals surface area (Å²) in [6.07, 6.45) is -6.88. The number of rotatable bonds is 6. The number of Topliss-reactive ketones (excluding diaryl/α,β-unsaturated/α-hetero) is 1. The minimum Gasteiger partial charge on any atom is -0.461 e. The minimum absolute atomic E-state index is 0.00922. The third kappa shape index (κ3) is 3.06. The smallest absolute Gasteiger partial charge is 0.338 e. The molecule has 33 heavy (non-hydrogen) atoms. The second-order valence-electron chi connectivity index (χ2n) is 9.66. The lowest BCUT2D eigenvalue weighted by atomic mass is 9.41. The van der Waals surface area contributed by atoms with Crippen molar-refractivity contribution in [3.63, 3.8) is 0 Å². The van der Waals surface area contributed by atoms with Crippen LogP contribution in [-0.2, 0) is 23.7 Å². The first-order chi connectivity index (χ1) is 15.7. The van der Waals surface area contributed by atoms with Crippen LogP contribution in [0.3, 0.4) is 0 Å². The summed E-state index contributed by atoms with van der Waals surface area (Å²) in [5, 5.41) is 40.3. The maximum atomic E-state index is 12.8. The van der Waals surface area contributed by atoms with E-state index in [2.05, 4.69) is 0 Å². The maximum Gasteiger partial charge on any atom is 0.338 e. The lowest BCUT2D eigenvalue weighted by Crippen LogP contribution is -2.79. The topological polar surface area (TPSA) is 152 Å². The largest absolute Gasteiger partial charge is 0.461 e. The molecule has 3 aliphatic carbocycles. The Morgan fingerprint density at radius 1 is 1.15 bits per heavy atom. The van der Waals surface area contributed by atoms with E-state index in [1.165, 1.54) is 0 Å². The number of benzene rings is 1. The van der Waals surface area contributed by atoms with Crippen molar-refractivity contribution in [2.45, 2.75) is 61.7 Å². The molecule has 0 radical (unpaired) electrons. The van der Waals surface area contributed by atoms with Crippen molar-refractivity contribution < 1.29 is 49.0 Å². The highest BCUT2D eigenvalue weighted by Crippen LogP contribution is 2.71. The van der Waals surface area contributed by atoms with Crippen molar-refractivity contribution in [2.24, 2.45) is 11.3 Å². The van der Waals surface area contributed by atoms with Crippen LogP contribution >= 0.6 is 0 Å². The quantitative estimate of drug-likeness (QED) is 0.393. The molecule has 6 rings (SSSR count). The van der Waals surface area contributed by atoms with Crippen LogP contribution in [0.2, 0.25) is 0 Å². The van der Waals surface area contributed by atoms with Gasteiger partial charge in [0.25, 0.3) is 0 Å². The average molecular weight is 464 g/mol. The molecule has 10 nitrogen and oxygen atoms in total. The number of carbonyl (C=O) groups is 2. The van der Waals surface area contributed by atoms with Crippen LogP contribution in [0.5, 0.6) is 0 Å². The number of esters is 1. The standard InChI is InChI=1S/C23H28O10/c1-21-8-14(25)13-7-23(21,33-20-18(28)17(27)16(26)15(9-24)32-20)22(13,11-31-21)10-30-19(29)12-5-3-2-4-6-12/h2-6,13,15-18,20,24,26-28H,7-11H2,1H3. The molecule has 3 saturated carbocycles. The third-order valence-corrected chi connectivity index (χ3v) is 8.00. The van der Waals surface area contributed by atoms with Gasteiger partial charge >= 0.3 is 5.97 Å². The van der Waals surface area contributed by atoms with E-state index < -0.39 is 65.8 Å². The molecule has 1 aromatic carbocycles. The zero-order valence-corrected chi connectivity index (χ0v) is 18.1. The van der Waals surface area contributed by atoms with Gasteiger partial charge in [0.2, 0.25) is 0 Å². The fourth-order valence-corrected chi connectivity index (χ4v) is 6.04. The van der Waals surface area contributed by atoms with E-state index in [0.717, 1.165) is 0 Å². The van der Waals surface area contributed by atoms with Gasteiger partial charge in [-0.3, -0.25) is 4.79 Å². The summed E-state index contributed by atoms with van der Waals surface area (Å²) in [5.41, 5.74) is -2.81. The fourth-order valence-electron chi connectivity index (χ4n) is 6.04. The Morgan fingerprint density at radius 2 is 1.88 bits per heavy atom. The maximum absolute atomic E-state index is 12.8. The number of aliphatic hydroxyl groups is 4. The van der Waals surface area contributed by atoms with E-state index in [-0.39, 0.29) is 31.8 Å². The Morgan fingerprint density at radius 3 is 2.58 bits per heavy atom. The molecule has 2 aliphatic heterocycles. The predicted octanol–water partition coefficient (Wildman–Crippen LogP) is -0.833. The fraction of sp³-hybridized carbons (Fsp3) is 0.652. The van der Waals surface area contributed by atoms with Gasteiger partial charge in [-0.05, 0) is 25.5 Å². The zero-order chi connectivity index (χ0) is 23.6. The predicted molar refractivity (Wildman–Crippen MR) is 109 cm³/mol. The normalized spacial score (nSPS) is 46.0. The summed E-state index contributed by atoms with van der Waals surface area (Å²) in [5.74, 6) is -1.01. The lowest BCUT2D eigenvalue weighted by Gasteiger charge is -2.66. The summed E-state index contributed by atoms with van der Waals surface area (Å²) in [6, 6.07) is 8.47. The molecule has 10 heteroatoms. The van der Waals surface area contributed by atoms with Crippen molar-refractivity contribution >= 4 is 11.8 Å². The molecule has 5 fully saturated rings. The van der Waals surface area contributed by atoms with Crippen LogP contribution in [-0.4, -0.2) is 93.9 Å². The monoisotopic (exact) mass is 464 g/mol. The van der Waals surface area contributed by atoms with Crippen molar-refractivity contribution in [3.8, 4) is 0 Å². The molecular formula is C23H28O10. The Kier molecular flexibility index (Phi) is 5.41. The van der Waals surface area contributed by atoms with Gasteiger partial charge in [0, 0.05) is 12.3 Å². The Labute approximate surface area is 190 Å². The second-order valence-corrected chi connectivity index (χ2v) is 9.66. The molecule has 5 aliphatic rings. The van der Waals surface area contributed by atoms with E-state index in [1.54, 1.807) is 37.3 Å².